The summed E-state index contributed by atoms with van der Waals surface area (Å²) in [5.41, 5.74) is 8.62. The van der Waals surface area contributed by atoms with E-state index in [2.05, 4.69) is 16.0 Å². The van der Waals surface area contributed by atoms with Crippen LogP contribution in [0.15, 0.2) is 42.6 Å². The van der Waals surface area contributed by atoms with Crippen molar-refractivity contribution in [2.75, 3.05) is 18.9 Å². The van der Waals surface area contributed by atoms with Gasteiger partial charge in [0.25, 0.3) is 0 Å². The second-order valence-electron chi connectivity index (χ2n) is 4.75. The molecule has 0 unspecified atom stereocenters. The summed E-state index contributed by atoms with van der Waals surface area (Å²) in [6.45, 7) is 3.33. The van der Waals surface area contributed by atoms with Crippen LogP contribution in [0.1, 0.15) is 11.3 Å². The Morgan fingerprint density at radius 1 is 1.21 bits per heavy atom. The number of para-hydroxylation sites is 1. The van der Waals surface area contributed by atoms with Gasteiger partial charge in [0, 0.05) is 25.2 Å². The first-order chi connectivity index (χ1) is 9.31. The van der Waals surface area contributed by atoms with Gasteiger partial charge in [-0.3, -0.25) is 9.88 Å². The molecular weight excluding hydrogens is 238 g/mol. The Hall–Kier alpha value is -2.07. The number of hydrogen-bond donors (Lipinski definition) is 1. The molecule has 0 amide bonds. The van der Waals surface area contributed by atoms with E-state index in [1.807, 2.05) is 30.3 Å². The molecule has 4 heteroatoms. The minimum absolute atomic E-state index is 0.702. The van der Waals surface area contributed by atoms with E-state index in [9.17, 15) is 0 Å². The molecule has 1 aliphatic rings. The Bertz CT molecular complexity index is 554. The molecular formula is C15H17N3O. The quantitative estimate of drug-likeness (QED) is 0.892. The molecule has 0 aliphatic carbocycles. The average Bonchev–Trinajstić information content (AvgIpc) is 2.63. The standard InChI is InChI=1S/C15H17N3O/c16-13-5-6-14(17-9-13)11-18-7-8-19-15-4-2-1-3-12(15)10-18/h1-6,9H,7-8,10-11,16H2. The molecule has 0 fully saturated rings. The Balaban J connectivity index is 1.74. The second-order valence-corrected chi connectivity index (χ2v) is 4.75. The number of fused-ring (bicyclic) bond motifs is 1. The highest BCUT2D eigenvalue weighted by Crippen LogP contribution is 2.23. The molecule has 2 heterocycles. The molecule has 19 heavy (non-hydrogen) atoms. The highest BCUT2D eigenvalue weighted by molar-refractivity contribution is 5.35. The van der Waals surface area contributed by atoms with Crippen molar-refractivity contribution in [3.63, 3.8) is 0 Å². The number of ether oxygens (including phenoxy) is 1. The van der Waals surface area contributed by atoms with Gasteiger partial charge in [-0.2, -0.15) is 0 Å². The molecule has 1 aromatic carbocycles. The Morgan fingerprint density at radius 2 is 2.11 bits per heavy atom. The SMILES string of the molecule is Nc1ccc(CN2CCOc3ccccc3C2)nc1. The third-order valence-corrected chi connectivity index (χ3v) is 3.26. The van der Waals surface area contributed by atoms with Crippen molar-refractivity contribution in [2.24, 2.45) is 0 Å². The topological polar surface area (TPSA) is 51.4 Å². The van der Waals surface area contributed by atoms with Crippen LogP contribution in [-0.4, -0.2) is 23.0 Å². The van der Waals surface area contributed by atoms with Gasteiger partial charge in [0.1, 0.15) is 12.4 Å². The Labute approximate surface area is 112 Å². The number of hydrogen-bond acceptors (Lipinski definition) is 4. The molecule has 4 nitrogen and oxygen atoms in total. The third kappa shape index (κ3) is 2.85. The minimum atomic E-state index is 0.702. The van der Waals surface area contributed by atoms with E-state index in [1.54, 1.807) is 6.20 Å². The largest absolute Gasteiger partial charge is 0.492 e. The van der Waals surface area contributed by atoms with E-state index in [0.717, 1.165) is 31.1 Å². The smallest absolute Gasteiger partial charge is 0.123 e. The number of rotatable bonds is 2. The summed E-state index contributed by atoms with van der Waals surface area (Å²) in [5, 5.41) is 0. The predicted molar refractivity (Wildman–Crippen MR) is 74.7 cm³/mol. The van der Waals surface area contributed by atoms with E-state index < -0.39 is 0 Å². The molecule has 0 bridgehead atoms. The van der Waals surface area contributed by atoms with Crippen LogP contribution in [0.5, 0.6) is 5.75 Å². The minimum Gasteiger partial charge on any atom is -0.492 e. The fraction of sp³-hybridized carbons (Fsp3) is 0.267. The van der Waals surface area contributed by atoms with E-state index in [1.165, 1.54) is 5.56 Å². The Morgan fingerprint density at radius 3 is 2.95 bits per heavy atom. The number of nitrogen functional groups attached to an aromatic ring is 1. The van der Waals surface area contributed by atoms with Crippen molar-refractivity contribution >= 4 is 5.69 Å². The summed E-state index contributed by atoms with van der Waals surface area (Å²) in [5.74, 6) is 0.996. The van der Waals surface area contributed by atoms with E-state index in [-0.39, 0.29) is 0 Å². The third-order valence-electron chi connectivity index (χ3n) is 3.26. The fourth-order valence-electron chi connectivity index (χ4n) is 2.27. The number of aromatic nitrogens is 1. The van der Waals surface area contributed by atoms with Crippen LogP contribution in [0, 0.1) is 0 Å². The number of benzene rings is 1. The van der Waals surface area contributed by atoms with Crippen molar-refractivity contribution in [1.29, 1.82) is 0 Å². The molecule has 0 saturated carbocycles. The van der Waals surface area contributed by atoms with Crippen LogP contribution in [0.4, 0.5) is 5.69 Å². The summed E-state index contributed by atoms with van der Waals surface area (Å²) in [7, 11) is 0. The molecule has 0 spiro atoms. The zero-order valence-corrected chi connectivity index (χ0v) is 10.7. The van der Waals surface area contributed by atoms with Gasteiger partial charge in [-0.05, 0) is 18.2 Å². The van der Waals surface area contributed by atoms with Crippen molar-refractivity contribution in [3.8, 4) is 5.75 Å². The highest BCUT2D eigenvalue weighted by Gasteiger charge is 2.15. The van der Waals surface area contributed by atoms with Gasteiger partial charge in [-0.15, -0.1) is 0 Å². The number of nitrogens with two attached hydrogens (primary N) is 1. The van der Waals surface area contributed by atoms with Gasteiger partial charge < -0.3 is 10.5 Å². The fourth-order valence-corrected chi connectivity index (χ4v) is 2.27. The highest BCUT2D eigenvalue weighted by atomic mass is 16.5. The van der Waals surface area contributed by atoms with Crippen molar-refractivity contribution in [2.45, 2.75) is 13.1 Å². The van der Waals surface area contributed by atoms with E-state index >= 15 is 0 Å². The van der Waals surface area contributed by atoms with E-state index in [0.29, 0.717) is 12.3 Å². The maximum atomic E-state index is 5.75. The van der Waals surface area contributed by atoms with Crippen LogP contribution in [-0.2, 0) is 13.1 Å². The van der Waals surface area contributed by atoms with Gasteiger partial charge in [-0.1, -0.05) is 18.2 Å². The van der Waals surface area contributed by atoms with Crippen LogP contribution >= 0.6 is 0 Å². The van der Waals surface area contributed by atoms with Crippen LogP contribution in [0.25, 0.3) is 0 Å². The van der Waals surface area contributed by atoms with Gasteiger partial charge in [0.05, 0.1) is 17.6 Å². The molecule has 0 radical (unpaired) electrons. The first-order valence-corrected chi connectivity index (χ1v) is 6.45. The van der Waals surface area contributed by atoms with Gasteiger partial charge in [0.2, 0.25) is 0 Å². The summed E-state index contributed by atoms with van der Waals surface area (Å²) in [6.07, 6.45) is 1.71. The lowest BCUT2D eigenvalue weighted by molar-refractivity contribution is 0.218. The molecule has 1 aromatic heterocycles. The first-order valence-electron chi connectivity index (χ1n) is 6.45. The lowest BCUT2D eigenvalue weighted by Gasteiger charge is -2.18. The Kier molecular flexibility index (Phi) is 3.33. The predicted octanol–water partition coefficient (Wildman–Crippen LogP) is 2.06. The first kappa shape index (κ1) is 12.0. The molecule has 1 aliphatic heterocycles. The monoisotopic (exact) mass is 255 g/mol. The molecule has 2 aromatic rings. The average molecular weight is 255 g/mol. The van der Waals surface area contributed by atoms with Crippen molar-refractivity contribution in [3.05, 3.63) is 53.9 Å². The van der Waals surface area contributed by atoms with Gasteiger partial charge in [0.15, 0.2) is 0 Å². The number of anilines is 1. The summed E-state index contributed by atoms with van der Waals surface area (Å²) in [6, 6.07) is 12.1. The normalized spacial score (nSPS) is 15.4. The van der Waals surface area contributed by atoms with E-state index in [4.69, 9.17) is 10.5 Å². The van der Waals surface area contributed by atoms with Gasteiger partial charge in [-0.25, -0.2) is 0 Å². The molecule has 2 N–H and O–H groups in total. The van der Waals surface area contributed by atoms with Crippen LogP contribution in [0.3, 0.4) is 0 Å². The summed E-state index contributed by atoms with van der Waals surface area (Å²) in [4.78, 5) is 6.69. The lowest BCUT2D eigenvalue weighted by Crippen LogP contribution is -2.25. The number of pyridine rings is 1. The molecule has 0 saturated heterocycles. The molecule has 0 atom stereocenters. The molecule has 3 rings (SSSR count). The zero-order valence-electron chi connectivity index (χ0n) is 10.7. The maximum Gasteiger partial charge on any atom is 0.123 e. The lowest BCUT2D eigenvalue weighted by atomic mass is 10.2. The second kappa shape index (κ2) is 5.28. The summed E-state index contributed by atoms with van der Waals surface area (Å²) < 4.78 is 5.75. The van der Waals surface area contributed by atoms with Crippen molar-refractivity contribution < 1.29 is 4.74 Å². The number of nitrogens with zero attached hydrogens (tertiary/aromatic N) is 2. The van der Waals surface area contributed by atoms with Crippen LogP contribution in [0.2, 0.25) is 0 Å². The summed E-state index contributed by atoms with van der Waals surface area (Å²) >= 11 is 0. The van der Waals surface area contributed by atoms with Crippen molar-refractivity contribution in [1.82, 2.24) is 9.88 Å². The van der Waals surface area contributed by atoms with Gasteiger partial charge >= 0.3 is 0 Å². The zero-order chi connectivity index (χ0) is 13.1. The van der Waals surface area contributed by atoms with Crippen LogP contribution < -0.4 is 10.5 Å². The molecule has 98 valence electrons. The maximum absolute atomic E-state index is 5.75.